The van der Waals surface area contributed by atoms with E-state index in [2.05, 4.69) is 4.98 Å². The fourth-order valence-electron chi connectivity index (χ4n) is 3.17. The van der Waals surface area contributed by atoms with Gasteiger partial charge in [0.15, 0.2) is 0 Å². The van der Waals surface area contributed by atoms with Crippen molar-refractivity contribution in [3.63, 3.8) is 0 Å². The first-order chi connectivity index (χ1) is 9.95. The van der Waals surface area contributed by atoms with Gasteiger partial charge in [-0.25, -0.2) is 4.98 Å². The summed E-state index contributed by atoms with van der Waals surface area (Å²) in [6.45, 7) is 1.06. The summed E-state index contributed by atoms with van der Waals surface area (Å²) in [4.78, 5) is 6.02. The van der Waals surface area contributed by atoms with Crippen LogP contribution < -0.4 is 4.90 Å². The molecule has 0 bridgehead atoms. The van der Waals surface area contributed by atoms with Crippen LogP contribution in [-0.2, 0) is 10.9 Å². The number of nitrogens with zero attached hydrogens (tertiary/aromatic N) is 2. The molecule has 2 atom stereocenters. The van der Waals surface area contributed by atoms with E-state index < -0.39 is 11.7 Å². The average Bonchev–Trinajstić information content (AvgIpc) is 2.45. The number of aromatic nitrogens is 1. The van der Waals surface area contributed by atoms with E-state index in [0.29, 0.717) is 19.0 Å². The maximum atomic E-state index is 12.9. The third kappa shape index (κ3) is 3.11. The molecule has 0 aromatic carbocycles. The Labute approximate surface area is 126 Å². The second-order valence-electron chi connectivity index (χ2n) is 5.49. The van der Waals surface area contributed by atoms with Crippen LogP contribution in [0.2, 0.25) is 5.15 Å². The van der Waals surface area contributed by atoms with E-state index in [1.807, 2.05) is 4.90 Å². The van der Waals surface area contributed by atoms with Gasteiger partial charge in [0.25, 0.3) is 0 Å². The fraction of sp³-hybridized carbons (Fsp3) is 0.643. The van der Waals surface area contributed by atoms with Crippen LogP contribution in [-0.4, -0.2) is 30.3 Å². The Bertz CT molecular complexity index is 521. The van der Waals surface area contributed by atoms with Crippen LogP contribution in [0.5, 0.6) is 0 Å². The van der Waals surface area contributed by atoms with Crippen molar-refractivity contribution in [3.05, 3.63) is 22.8 Å². The van der Waals surface area contributed by atoms with Crippen molar-refractivity contribution < 1.29 is 17.9 Å². The minimum absolute atomic E-state index is 0.0858. The molecule has 1 aromatic heterocycles. The Morgan fingerprint density at radius 2 is 2.00 bits per heavy atom. The van der Waals surface area contributed by atoms with Crippen molar-refractivity contribution in [1.82, 2.24) is 4.98 Å². The molecular formula is C14H16ClF3N2O. The lowest BCUT2D eigenvalue weighted by molar-refractivity contribution is -0.137. The molecule has 7 heteroatoms. The maximum Gasteiger partial charge on any atom is 0.416 e. The molecule has 116 valence electrons. The third-order valence-electron chi connectivity index (χ3n) is 4.13. The second kappa shape index (κ2) is 5.65. The van der Waals surface area contributed by atoms with Gasteiger partial charge in [-0.1, -0.05) is 24.4 Å². The van der Waals surface area contributed by atoms with Gasteiger partial charge in [-0.3, -0.25) is 0 Å². The molecule has 2 heterocycles. The second-order valence-corrected chi connectivity index (χ2v) is 5.88. The Hall–Kier alpha value is -1.01. The number of ether oxygens (including phenoxy) is 1. The zero-order chi connectivity index (χ0) is 15.0. The summed E-state index contributed by atoms with van der Waals surface area (Å²) < 4.78 is 44.5. The van der Waals surface area contributed by atoms with Crippen LogP contribution in [0, 0.1) is 0 Å². The van der Waals surface area contributed by atoms with Gasteiger partial charge in [0.1, 0.15) is 11.0 Å². The highest BCUT2D eigenvalue weighted by atomic mass is 35.5. The van der Waals surface area contributed by atoms with Crippen molar-refractivity contribution in [2.75, 3.05) is 18.1 Å². The van der Waals surface area contributed by atoms with Crippen LogP contribution >= 0.6 is 11.6 Å². The predicted molar refractivity (Wildman–Crippen MR) is 73.6 cm³/mol. The molecule has 1 saturated carbocycles. The number of fused-ring (bicyclic) bond motifs is 1. The Balaban J connectivity index is 1.93. The third-order valence-corrected chi connectivity index (χ3v) is 4.33. The monoisotopic (exact) mass is 320 g/mol. The van der Waals surface area contributed by atoms with Crippen LogP contribution in [0.4, 0.5) is 19.0 Å². The molecule has 21 heavy (non-hydrogen) atoms. The number of rotatable bonds is 1. The number of anilines is 1. The molecule has 0 radical (unpaired) electrons. The molecule has 2 fully saturated rings. The number of morpholine rings is 1. The summed E-state index contributed by atoms with van der Waals surface area (Å²) in [5.74, 6) is 0.301. The zero-order valence-electron chi connectivity index (χ0n) is 11.4. The quantitative estimate of drug-likeness (QED) is 0.734. The number of halogens is 4. The van der Waals surface area contributed by atoms with Gasteiger partial charge in [-0.05, 0) is 25.0 Å². The van der Waals surface area contributed by atoms with Crippen molar-refractivity contribution >= 4 is 17.4 Å². The number of alkyl halides is 3. The summed E-state index contributed by atoms with van der Waals surface area (Å²) in [7, 11) is 0. The van der Waals surface area contributed by atoms with Crippen molar-refractivity contribution in [3.8, 4) is 0 Å². The molecule has 1 aromatic rings. The topological polar surface area (TPSA) is 25.4 Å². The highest BCUT2D eigenvalue weighted by molar-refractivity contribution is 6.29. The average molecular weight is 321 g/mol. The summed E-state index contributed by atoms with van der Waals surface area (Å²) in [5, 5.41) is -0.126. The van der Waals surface area contributed by atoms with Gasteiger partial charge in [-0.15, -0.1) is 0 Å². The van der Waals surface area contributed by atoms with Gasteiger partial charge in [0.05, 0.1) is 24.3 Å². The van der Waals surface area contributed by atoms with Crippen LogP contribution in [0.3, 0.4) is 0 Å². The number of hydrogen-bond donors (Lipinski definition) is 0. The highest BCUT2D eigenvalue weighted by Crippen LogP contribution is 2.36. The van der Waals surface area contributed by atoms with E-state index in [1.165, 1.54) is 0 Å². The van der Waals surface area contributed by atoms with Gasteiger partial charge in [-0.2, -0.15) is 13.2 Å². The van der Waals surface area contributed by atoms with E-state index in [4.69, 9.17) is 16.3 Å². The molecule has 0 spiro atoms. The Kier molecular flexibility index (Phi) is 4.01. The predicted octanol–water partition coefficient (Wildman–Crippen LogP) is 3.90. The first kappa shape index (κ1) is 14.9. The normalized spacial score (nSPS) is 26.6. The molecule has 2 aliphatic rings. The fourth-order valence-corrected chi connectivity index (χ4v) is 3.38. The van der Waals surface area contributed by atoms with Gasteiger partial charge >= 0.3 is 6.18 Å². The van der Waals surface area contributed by atoms with Crippen LogP contribution in [0.25, 0.3) is 0 Å². The summed E-state index contributed by atoms with van der Waals surface area (Å²) in [6, 6.07) is 2.05. The lowest BCUT2D eigenvalue weighted by Crippen LogP contribution is -2.53. The van der Waals surface area contributed by atoms with Crippen molar-refractivity contribution in [1.29, 1.82) is 0 Å². The number of pyridine rings is 1. The summed E-state index contributed by atoms with van der Waals surface area (Å²) in [5.41, 5.74) is -0.753. The molecule has 3 rings (SSSR count). The van der Waals surface area contributed by atoms with Crippen molar-refractivity contribution in [2.24, 2.45) is 0 Å². The van der Waals surface area contributed by atoms with Crippen molar-refractivity contribution in [2.45, 2.75) is 44.0 Å². The molecule has 1 aliphatic heterocycles. The summed E-state index contributed by atoms with van der Waals surface area (Å²) in [6.07, 6.45) is -0.296. The molecule has 1 saturated heterocycles. The first-order valence-electron chi connectivity index (χ1n) is 7.08. The highest BCUT2D eigenvalue weighted by Gasteiger charge is 2.37. The standard InChI is InChI=1S/C14H16ClF3N2O/c15-12-7-9(14(16,17)18)8-13(19-12)20-5-6-21-11-4-2-1-3-10(11)20/h7-8,10-11H,1-6H2. The maximum absolute atomic E-state index is 12.9. The number of hydrogen-bond acceptors (Lipinski definition) is 3. The molecular weight excluding hydrogens is 305 g/mol. The zero-order valence-corrected chi connectivity index (χ0v) is 12.1. The van der Waals surface area contributed by atoms with Gasteiger partial charge < -0.3 is 9.64 Å². The summed E-state index contributed by atoms with van der Waals surface area (Å²) >= 11 is 5.78. The lowest BCUT2D eigenvalue weighted by atomic mass is 9.90. The van der Waals surface area contributed by atoms with E-state index in [1.54, 1.807) is 0 Å². The smallest absolute Gasteiger partial charge is 0.374 e. The molecule has 0 N–H and O–H groups in total. The van der Waals surface area contributed by atoms with E-state index >= 15 is 0 Å². The SMILES string of the molecule is FC(F)(F)c1cc(Cl)nc(N2CCOC3CCCCC32)c1. The molecule has 3 nitrogen and oxygen atoms in total. The first-order valence-corrected chi connectivity index (χ1v) is 7.46. The van der Waals surface area contributed by atoms with Gasteiger partial charge in [0.2, 0.25) is 0 Å². The molecule has 1 aliphatic carbocycles. The van der Waals surface area contributed by atoms with E-state index in [0.717, 1.165) is 37.8 Å². The van der Waals surface area contributed by atoms with E-state index in [-0.39, 0.29) is 17.3 Å². The van der Waals surface area contributed by atoms with Gasteiger partial charge in [0, 0.05) is 6.54 Å². The Morgan fingerprint density at radius 1 is 1.24 bits per heavy atom. The molecule has 0 amide bonds. The minimum Gasteiger partial charge on any atom is -0.374 e. The Morgan fingerprint density at radius 3 is 2.76 bits per heavy atom. The van der Waals surface area contributed by atoms with Crippen LogP contribution in [0.1, 0.15) is 31.2 Å². The largest absolute Gasteiger partial charge is 0.416 e. The van der Waals surface area contributed by atoms with E-state index in [9.17, 15) is 13.2 Å². The van der Waals surface area contributed by atoms with Crippen LogP contribution in [0.15, 0.2) is 12.1 Å². The lowest BCUT2D eigenvalue weighted by Gasteiger charge is -2.44. The minimum atomic E-state index is -4.42. The molecule has 2 unspecified atom stereocenters.